The molecule has 13 aromatic rings. The van der Waals surface area contributed by atoms with E-state index in [2.05, 4.69) is 118 Å². The van der Waals surface area contributed by atoms with Crippen LogP contribution in [0.1, 0.15) is 0 Å². The third-order valence-electron chi connectivity index (χ3n) is 13.6. The average Bonchev–Trinajstić information content (AvgIpc) is 4.17. The molecule has 71 heavy (non-hydrogen) atoms. The minimum Gasteiger partial charge on any atom is -0.309 e. The minimum atomic E-state index is -3.23. The Morgan fingerprint density at radius 3 is 1.00 bits per heavy atom. The highest BCUT2D eigenvalue weighted by molar-refractivity contribution is 7.85. The predicted octanol–water partition coefficient (Wildman–Crippen LogP) is 13.3. The molecule has 0 saturated carbocycles. The van der Waals surface area contributed by atoms with E-state index in [1.807, 2.05) is 146 Å². The van der Waals surface area contributed by atoms with Crippen LogP contribution >= 0.6 is 25.6 Å². The smallest absolute Gasteiger partial charge is 0.171 e. The SMILES string of the molecule is O=P(c1ccccc1)(c1ccccc1)c1cccc(-n2c3ccccc3c3ccc(-c4nnc(-c5ccc6c7ccccc7n(-c7cccc(P(=O)(c8ccccc8)c8ccccc8)c7)c6c5)s4)cc32)c1. The summed E-state index contributed by atoms with van der Waals surface area (Å²) in [5.41, 5.74) is 7.90. The largest absolute Gasteiger partial charge is 0.309 e. The van der Waals surface area contributed by atoms with Crippen LogP contribution < -0.4 is 31.8 Å². The molecule has 3 heterocycles. The molecule has 0 N–H and O–H groups in total. The molecule has 0 aliphatic heterocycles. The highest BCUT2D eigenvalue weighted by Gasteiger charge is 2.32. The number of nitrogens with zero attached hydrogens (tertiary/aromatic N) is 4. The van der Waals surface area contributed by atoms with Gasteiger partial charge in [0.25, 0.3) is 0 Å². The van der Waals surface area contributed by atoms with Crippen molar-refractivity contribution in [3.63, 3.8) is 0 Å². The van der Waals surface area contributed by atoms with Gasteiger partial charge in [-0.25, -0.2) is 0 Å². The quantitative estimate of drug-likeness (QED) is 0.128. The van der Waals surface area contributed by atoms with E-state index in [1.165, 1.54) is 0 Å². The maximum Gasteiger partial charge on any atom is 0.171 e. The standard InChI is InChI=1S/C62H42N4O2P2S/c67-69(47-21-5-1-6-22-47,48-23-7-2-8-24-48)51-29-17-19-45(41-51)65-57-33-15-13-31-53(57)55-37-35-43(39-59(55)65)61-63-64-62(71-61)44-36-38-56-54-32-14-16-34-58(54)66(60(56)40-44)46-20-18-30-52(42-46)70(68,49-25-9-3-10-26-49)50-27-11-4-12-28-50/h1-42H. The number of hydrogen-bond acceptors (Lipinski definition) is 5. The fourth-order valence-electron chi connectivity index (χ4n) is 10.3. The molecule has 0 saturated heterocycles. The summed E-state index contributed by atoms with van der Waals surface area (Å²) < 4.78 is 35.6. The number of rotatable bonds is 10. The molecule has 0 atom stereocenters. The molecule has 0 radical (unpaired) electrons. The lowest BCUT2D eigenvalue weighted by Gasteiger charge is -2.21. The van der Waals surface area contributed by atoms with Crippen LogP contribution in [-0.2, 0) is 9.13 Å². The Morgan fingerprint density at radius 1 is 0.296 bits per heavy atom. The summed E-state index contributed by atoms with van der Waals surface area (Å²) in [6.45, 7) is 0. The van der Waals surface area contributed by atoms with Crippen molar-refractivity contribution in [3.8, 4) is 32.5 Å². The van der Waals surface area contributed by atoms with E-state index in [9.17, 15) is 0 Å². The summed E-state index contributed by atoms with van der Waals surface area (Å²) in [6, 6.07) is 85.7. The van der Waals surface area contributed by atoms with Crippen molar-refractivity contribution in [2.75, 3.05) is 0 Å². The molecule has 0 fully saturated rings. The predicted molar refractivity (Wildman–Crippen MR) is 298 cm³/mol. The molecule has 0 amide bonds. The Balaban J connectivity index is 0.914. The maximum absolute atomic E-state index is 15.5. The van der Waals surface area contributed by atoms with E-state index in [-0.39, 0.29) is 0 Å². The van der Waals surface area contributed by atoms with Gasteiger partial charge in [0.05, 0.1) is 22.1 Å². The Hall–Kier alpha value is -8.18. The third-order valence-corrected chi connectivity index (χ3v) is 20.8. The highest BCUT2D eigenvalue weighted by Crippen LogP contribution is 2.45. The van der Waals surface area contributed by atoms with E-state index >= 15 is 9.13 Å². The van der Waals surface area contributed by atoms with Gasteiger partial charge in [0.15, 0.2) is 14.3 Å². The van der Waals surface area contributed by atoms with Gasteiger partial charge in [-0.15, -0.1) is 10.2 Å². The van der Waals surface area contributed by atoms with Gasteiger partial charge in [0.1, 0.15) is 10.0 Å². The molecular weight excluding hydrogens is 927 g/mol. The summed E-state index contributed by atoms with van der Waals surface area (Å²) in [5.74, 6) is 0. The van der Waals surface area contributed by atoms with Crippen molar-refractivity contribution >= 4 is 101 Å². The van der Waals surface area contributed by atoms with E-state index < -0.39 is 14.3 Å². The number of aromatic nitrogens is 4. The van der Waals surface area contributed by atoms with Crippen molar-refractivity contribution in [2.24, 2.45) is 0 Å². The molecule has 338 valence electrons. The first-order valence-corrected chi connectivity index (χ1v) is 27.8. The Bertz CT molecular complexity index is 3890. The van der Waals surface area contributed by atoms with Crippen LogP contribution in [0.4, 0.5) is 0 Å². The number of benzene rings is 10. The number of fused-ring (bicyclic) bond motifs is 6. The summed E-state index contributed by atoms with van der Waals surface area (Å²) >= 11 is 1.56. The van der Waals surface area contributed by atoms with Gasteiger partial charge in [-0.2, -0.15) is 0 Å². The molecular formula is C62H42N4O2P2S. The monoisotopic (exact) mass is 968 g/mol. The highest BCUT2D eigenvalue weighted by atomic mass is 32.1. The lowest BCUT2D eigenvalue weighted by atomic mass is 10.1. The zero-order chi connectivity index (χ0) is 47.5. The molecule has 0 aliphatic carbocycles. The zero-order valence-corrected chi connectivity index (χ0v) is 40.8. The number of para-hydroxylation sites is 2. The fourth-order valence-corrected chi connectivity index (χ4v) is 16.5. The van der Waals surface area contributed by atoms with Crippen molar-refractivity contribution in [1.29, 1.82) is 0 Å². The van der Waals surface area contributed by atoms with Crippen molar-refractivity contribution < 1.29 is 9.13 Å². The summed E-state index contributed by atoms with van der Waals surface area (Å²) in [7, 11) is -6.46. The lowest BCUT2D eigenvalue weighted by molar-refractivity contribution is 0.591. The normalized spacial score (nSPS) is 12.1. The van der Waals surface area contributed by atoms with Crippen molar-refractivity contribution in [2.45, 2.75) is 0 Å². The van der Waals surface area contributed by atoms with Crippen molar-refractivity contribution in [1.82, 2.24) is 19.3 Å². The van der Waals surface area contributed by atoms with Gasteiger partial charge in [-0.1, -0.05) is 218 Å². The Kier molecular flexibility index (Phi) is 10.5. The first-order valence-electron chi connectivity index (χ1n) is 23.5. The van der Waals surface area contributed by atoms with E-state index in [0.29, 0.717) is 0 Å². The van der Waals surface area contributed by atoms with Crippen LogP contribution in [0, 0.1) is 0 Å². The summed E-state index contributed by atoms with van der Waals surface area (Å²) in [6.07, 6.45) is 0. The third kappa shape index (κ3) is 7.08. The molecule has 6 nitrogen and oxygen atoms in total. The molecule has 0 aliphatic rings. The van der Waals surface area contributed by atoms with Gasteiger partial charge < -0.3 is 18.3 Å². The van der Waals surface area contributed by atoms with Gasteiger partial charge in [-0.3, -0.25) is 0 Å². The number of hydrogen-bond donors (Lipinski definition) is 0. The molecule has 0 unspecified atom stereocenters. The van der Waals surface area contributed by atoms with Crippen LogP contribution in [0.2, 0.25) is 0 Å². The molecule has 3 aromatic heterocycles. The van der Waals surface area contributed by atoms with Gasteiger partial charge in [-0.05, 0) is 48.5 Å². The van der Waals surface area contributed by atoms with E-state index in [1.54, 1.807) is 11.3 Å². The minimum absolute atomic E-state index is 0.770. The molecule has 0 bridgehead atoms. The van der Waals surface area contributed by atoms with Gasteiger partial charge in [0.2, 0.25) is 0 Å². The average molecular weight is 969 g/mol. The van der Waals surface area contributed by atoms with Gasteiger partial charge >= 0.3 is 0 Å². The second-order valence-electron chi connectivity index (χ2n) is 17.7. The first-order chi connectivity index (χ1) is 35.0. The Morgan fingerprint density at radius 2 is 0.620 bits per heavy atom. The first kappa shape index (κ1) is 42.9. The topological polar surface area (TPSA) is 69.8 Å². The summed E-state index contributed by atoms with van der Waals surface area (Å²) in [5, 5.41) is 20.5. The Labute approximate surface area is 414 Å². The van der Waals surface area contributed by atoms with E-state index in [4.69, 9.17) is 10.2 Å². The van der Waals surface area contributed by atoms with Crippen molar-refractivity contribution in [3.05, 3.63) is 255 Å². The van der Waals surface area contributed by atoms with E-state index in [0.717, 1.165) is 108 Å². The van der Waals surface area contributed by atoms with Crippen LogP contribution in [0.5, 0.6) is 0 Å². The van der Waals surface area contributed by atoms with Crippen LogP contribution in [0.3, 0.4) is 0 Å². The molecule has 9 heteroatoms. The van der Waals surface area contributed by atoms with Gasteiger partial charge in [0, 0.05) is 75.9 Å². The maximum atomic E-state index is 15.5. The molecule has 0 spiro atoms. The lowest BCUT2D eigenvalue weighted by Crippen LogP contribution is -2.25. The second kappa shape index (κ2) is 17.3. The molecule has 13 rings (SSSR count). The van der Waals surface area contributed by atoms with Crippen LogP contribution in [0.15, 0.2) is 255 Å². The second-order valence-corrected chi connectivity index (χ2v) is 24.2. The van der Waals surface area contributed by atoms with Crippen LogP contribution in [0.25, 0.3) is 76.1 Å². The molecule has 10 aromatic carbocycles. The summed E-state index contributed by atoms with van der Waals surface area (Å²) in [4.78, 5) is 0. The zero-order valence-electron chi connectivity index (χ0n) is 38.2. The fraction of sp³-hybridized carbons (Fsp3) is 0. The van der Waals surface area contributed by atoms with Crippen LogP contribution in [-0.4, -0.2) is 19.3 Å².